The van der Waals surface area contributed by atoms with Crippen molar-refractivity contribution < 1.29 is 120 Å². The number of aromatic hydroxyl groups is 1. The van der Waals surface area contributed by atoms with Crippen molar-refractivity contribution in [3.05, 3.63) is 119 Å². The molecule has 31 nitrogen and oxygen atoms in total. The average Bonchev–Trinajstić information content (AvgIpc) is 1.62. The maximum absolute atomic E-state index is 14.0. The van der Waals surface area contributed by atoms with Gasteiger partial charge in [-0.15, -0.1) is 0 Å². The molecule has 0 amide bonds. The standard InChI is InChI=1S/C38H46N2O13.C36H42N2O14/c1-5-26-27-15-23(3)7-9-31(27)39-35-28(26)17-40-32(35)16-30-29(36(40)45)21-52-37(46)38(30,6-2)53-34(44)10-8-24(41)18-48-13-14-51-25(19-47-4)20-49-11-12-50-22-33(42)43;1-3-24-25-13-21(40)5-7-29(25)37-33-26(24)15-38-30(33)14-28-27(34(38)45)19-51-35(46)36(28,4-2)52-32(44)8-6-22(41)17-47-11-12-50-23(16-39)18-48-9-10-49-20-31(42)43/h7,9,15-16,25H,5-6,8,10-14,17-22H2,1-4H3,(H,42,43);5,7,13-14,23,39-40H,3-4,6,8-12,15-20H2,1-2H3,(H,42,43)/t25?,38-;23?,36-/m00/s1. The number of Topliss-reactive ketones (excluding diaryl/α,β-unsaturated/α-hetero) is 2. The molecule has 0 aliphatic carbocycles. The molecule has 566 valence electrons. The van der Waals surface area contributed by atoms with Gasteiger partial charge >= 0.3 is 35.8 Å². The van der Waals surface area contributed by atoms with Crippen molar-refractivity contribution in [3.8, 4) is 28.5 Å². The van der Waals surface area contributed by atoms with Crippen LogP contribution in [-0.2, 0) is 150 Å². The number of rotatable bonds is 41. The Morgan fingerprint density at radius 2 is 0.962 bits per heavy atom. The number of aliphatic hydroxyl groups is 1. The minimum Gasteiger partial charge on any atom is -0.508 e. The largest absolute Gasteiger partial charge is 0.508 e. The molecule has 0 spiro atoms. The predicted molar refractivity (Wildman–Crippen MR) is 369 cm³/mol. The van der Waals surface area contributed by atoms with Crippen molar-refractivity contribution in [2.24, 2.45) is 0 Å². The van der Waals surface area contributed by atoms with Gasteiger partial charge in [-0.2, -0.15) is 0 Å². The van der Waals surface area contributed by atoms with Gasteiger partial charge in [0, 0.05) is 53.0 Å². The lowest BCUT2D eigenvalue weighted by Gasteiger charge is -2.35. The van der Waals surface area contributed by atoms with Crippen molar-refractivity contribution in [1.29, 1.82) is 0 Å². The topological polar surface area (TPSA) is 407 Å². The second-order valence-corrected chi connectivity index (χ2v) is 25.2. The van der Waals surface area contributed by atoms with Gasteiger partial charge in [0.25, 0.3) is 11.1 Å². The second kappa shape index (κ2) is 37.1. The van der Waals surface area contributed by atoms with Crippen molar-refractivity contribution in [2.75, 3.05) is 113 Å². The number of carbonyl (C=O) groups is 8. The lowest BCUT2D eigenvalue weighted by Crippen LogP contribution is -2.47. The first kappa shape index (κ1) is 79.8. The van der Waals surface area contributed by atoms with E-state index in [0.717, 1.165) is 50.5 Å². The molecule has 0 radical (unpaired) electrons. The Balaban J connectivity index is 0.000000243. The molecule has 0 saturated heterocycles. The van der Waals surface area contributed by atoms with E-state index in [1.165, 1.54) is 7.11 Å². The van der Waals surface area contributed by atoms with E-state index in [1.54, 1.807) is 53.3 Å². The third-order valence-electron chi connectivity index (χ3n) is 18.2. The van der Waals surface area contributed by atoms with Crippen molar-refractivity contribution >= 4 is 69.2 Å². The molecule has 4 atom stereocenters. The van der Waals surface area contributed by atoms with Crippen LogP contribution in [0.2, 0.25) is 0 Å². The molecule has 4 aliphatic heterocycles. The maximum atomic E-state index is 14.0. The highest BCUT2D eigenvalue weighted by Crippen LogP contribution is 2.45. The zero-order chi connectivity index (χ0) is 75.5. The molecule has 10 rings (SSSR count). The van der Waals surface area contributed by atoms with Crippen LogP contribution in [0.4, 0.5) is 0 Å². The molecule has 31 heteroatoms. The summed E-state index contributed by atoms with van der Waals surface area (Å²) < 4.78 is 73.2. The second-order valence-electron chi connectivity index (χ2n) is 25.2. The van der Waals surface area contributed by atoms with Crippen LogP contribution in [0.5, 0.6) is 5.75 Å². The van der Waals surface area contributed by atoms with E-state index in [0.29, 0.717) is 41.3 Å². The van der Waals surface area contributed by atoms with Crippen LogP contribution >= 0.6 is 0 Å². The van der Waals surface area contributed by atoms with Gasteiger partial charge in [0.05, 0.1) is 150 Å². The highest BCUT2D eigenvalue weighted by atomic mass is 16.6. The molecule has 8 heterocycles. The van der Waals surface area contributed by atoms with Gasteiger partial charge < -0.3 is 91.1 Å². The number of carbonyl (C=O) groups excluding carboxylic acids is 6. The summed E-state index contributed by atoms with van der Waals surface area (Å²) in [6.45, 7) is 8.91. The quantitative estimate of drug-likeness (QED) is 0.0227. The number of benzene rings is 2. The van der Waals surface area contributed by atoms with Gasteiger partial charge in [-0.1, -0.05) is 39.3 Å². The Bertz CT molecular complexity index is 4340. The lowest BCUT2D eigenvalue weighted by atomic mass is 9.85. The van der Waals surface area contributed by atoms with Gasteiger partial charge in [0.2, 0.25) is 11.2 Å². The number of methoxy groups -OCH3 is 1. The Morgan fingerprint density at radius 1 is 0.533 bits per heavy atom. The molecule has 2 unspecified atom stereocenters. The molecule has 4 aromatic heterocycles. The van der Waals surface area contributed by atoms with Crippen molar-refractivity contribution in [3.63, 3.8) is 0 Å². The number of hydrogen-bond donors (Lipinski definition) is 4. The maximum Gasteiger partial charge on any atom is 0.355 e. The fourth-order valence-electron chi connectivity index (χ4n) is 13.1. The Morgan fingerprint density at radius 3 is 1.41 bits per heavy atom. The van der Waals surface area contributed by atoms with Crippen LogP contribution in [-0.4, -0.2) is 212 Å². The van der Waals surface area contributed by atoms with E-state index >= 15 is 0 Å². The van der Waals surface area contributed by atoms with Gasteiger partial charge in [0.15, 0.2) is 11.6 Å². The summed E-state index contributed by atoms with van der Waals surface area (Å²) in [6.07, 6.45) is -0.825. The molecular weight excluding hydrogens is 1380 g/mol. The van der Waals surface area contributed by atoms with E-state index in [2.05, 4.69) is 13.0 Å². The van der Waals surface area contributed by atoms with Gasteiger partial charge in [-0.3, -0.25) is 28.8 Å². The van der Waals surface area contributed by atoms with Crippen LogP contribution in [0.25, 0.3) is 44.6 Å². The number of aliphatic hydroxyl groups excluding tert-OH is 1. The molecule has 0 saturated carbocycles. The normalized spacial score (nSPS) is 16.5. The minimum absolute atomic E-state index is 0.00955. The summed E-state index contributed by atoms with van der Waals surface area (Å²) in [5.74, 6) is -6.03. The van der Waals surface area contributed by atoms with Gasteiger partial charge in [0.1, 0.15) is 57.6 Å². The van der Waals surface area contributed by atoms with Crippen LogP contribution in [0.1, 0.15) is 116 Å². The average molecular weight is 1470 g/mol. The first-order valence-electron chi connectivity index (χ1n) is 34.7. The molecule has 4 N–H and O–H groups in total. The number of nitrogens with zero attached hydrogens (tertiary/aromatic N) is 4. The van der Waals surface area contributed by atoms with E-state index in [9.17, 15) is 58.2 Å². The fraction of sp³-hybridized carbons (Fsp3) is 0.514. The number of aromatic nitrogens is 4. The molecular formula is C74H88N4O27. The molecule has 105 heavy (non-hydrogen) atoms. The minimum atomic E-state index is -1.91. The number of fused-ring (bicyclic) bond motifs is 10. The lowest BCUT2D eigenvalue weighted by molar-refractivity contribution is -0.189. The van der Waals surface area contributed by atoms with E-state index < -0.39 is 83.8 Å². The Hall–Kier alpha value is -9.28. The van der Waals surface area contributed by atoms with Crippen LogP contribution in [0.3, 0.4) is 0 Å². The van der Waals surface area contributed by atoms with Crippen molar-refractivity contribution in [1.82, 2.24) is 19.1 Å². The number of aryl methyl sites for hydroxylation is 3. The molecule has 0 bridgehead atoms. The first-order chi connectivity index (χ1) is 50.5. The number of phenolic OH excluding ortho intramolecular Hbond substituents is 1. The summed E-state index contributed by atoms with van der Waals surface area (Å²) in [4.78, 5) is 137. The Labute approximate surface area is 602 Å². The molecule has 4 aliphatic rings. The SMILES string of the molecule is CCc1c2c(nc3ccc(C)cc13)-c1cc3c(c(=O)n1C2)COC(=O)[C@@]3(CC)OC(=O)CCC(=O)COCCOC(COC)COCCOCC(=O)O.CCc1c2c(nc3ccc(O)cc13)-c1cc3c(c(=O)n1C2)COC(=O)[C@@]3(CC)OC(=O)CCC(=O)COCCOC(CO)COCCOCC(=O)O. The number of cyclic esters (lactones) is 2. The number of phenols is 1. The summed E-state index contributed by atoms with van der Waals surface area (Å²) in [5.41, 5.74) is 5.06. The highest BCUT2D eigenvalue weighted by molar-refractivity contribution is 5.93. The smallest absolute Gasteiger partial charge is 0.355 e. The van der Waals surface area contributed by atoms with Gasteiger partial charge in [-0.05, 0) is 86.2 Å². The van der Waals surface area contributed by atoms with Crippen LogP contribution < -0.4 is 11.1 Å². The number of carboxylic acids is 2. The summed E-state index contributed by atoms with van der Waals surface area (Å²) in [6, 6.07) is 14.4. The number of pyridine rings is 4. The molecule has 0 fully saturated rings. The number of esters is 4. The summed E-state index contributed by atoms with van der Waals surface area (Å²) >= 11 is 0. The number of ketones is 2. The van der Waals surface area contributed by atoms with E-state index in [-0.39, 0.29) is 190 Å². The number of ether oxygens (including phenoxy) is 13. The van der Waals surface area contributed by atoms with Crippen LogP contribution in [0.15, 0.2) is 58.1 Å². The monoisotopic (exact) mass is 1460 g/mol. The Kier molecular flexibility index (Phi) is 28.2. The third kappa shape index (κ3) is 18.9. The fourth-order valence-corrected chi connectivity index (χ4v) is 13.1. The van der Waals surface area contributed by atoms with Crippen molar-refractivity contribution in [2.45, 2.75) is 136 Å². The molecule has 2 aromatic carbocycles. The predicted octanol–water partition coefficient (Wildman–Crippen LogP) is 4.78. The zero-order valence-corrected chi connectivity index (χ0v) is 59.5. The third-order valence-corrected chi connectivity index (χ3v) is 18.2. The van der Waals surface area contributed by atoms with E-state index in [1.807, 2.05) is 26.0 Å². The first-order valence-corrected chi connectivity index (χ1v) is 34.7. The summed E-state index contributed by atoms with van der Waals surface area (Å²) in [5, 5.41) is 38.5. The highest BCUT2D eigenvalue weighted by Gasteiger charge is 2.52. The van der Waals surface area contributed by atoms with E-state index in [4.69, 9.17) is 81.8 Å². The van der Waals surface area contributed by atoms with Crippen LogP contribution in [0, 0.1) is 6.92 Å². The van der Waals surface area contributed by atoms with Gasteiger partial charge in [-0.25, -0.2) is 29.1 Å². The molecule has 6 aromatic rings. The number of hydrogen-bond acceptors (Lipinski definition) is 27. The number of aliphatic carboxylic acids is 2. The number of carboxylic acid groups (broad SMARTS) is 2. The zero-order valence-electron chi connectivity index (χ0n) is 59.5. The summed E-state index contributed by atoms with van der Waals surface area (Å²) in [7, 11) is 1.51.